The van der Waals surface area contributed by atoms with Gasteiger partial charge in [-0.2, -0.15) is 17.0 Å². The first-order chi connectivity index (χ1) is 10.5. The normalized spacial score (nSPS) is 20.4. The van der Waals surface area contributed by atoms with Gasteiger partial charge in [-0.25, -0.2) is 0 Å². The lowest BCUT2D eigenvalue weighted by Gasteiger charge is -2.39. The first-order valence-electron chi connectivity index (χ1n) is 7.66. The molecule has 2 fully saturated rings. The summed E-state index contributed by atoms with van der Waals surface area (Å²) in [4.78, 5) is 2.37. The number of anilines is 1. The molecule has 2 aliphatic heterocycles. The van der Waals surface area contributed by atoms with E-state index < -0.39 is 10.2 Å². The molecule has 0 radical (unpaired) electrons. The van der Waals surface area contributed by atoms with Gasteiger partial charge < -0.3 is 9.64 Å². The molecule has 0 unspecified atom stereocenters. The van der Waals surface area contributed by atoms with Crippen LogP contribution in [0.15, 0.2) is 24.3 Å². The molecule has 7 heteroatoms. The fourth-order valence-electron chi connectivity index (χ4n) is 2.80. The van der Waals surface area contributed by atoms with Crippen LogP contribution in [-0.2, 0) is 10.2 Å². The van der Waals surface area contributed by atoms with E-state index in [1.807, 2.05) is 12.1 Å². The maximum Gasteiger partial charge on any atom is 0.281 e. The van der Waals surface area contributed by atoms with Crippen LogP contribution in [0, 0.1) is 0 Å². The first-order valence-corrected chi connectivity index (χ1v) is 9.06. The molecular weight excluding hydrogens is 302 g/mol. The van der Waals surface area contributed by atoms with Gasteiger partial charge in [0.1, 0.15) is 11.9 Å². The minimum absolute atomic E-state index is 0.0626. The summed E-state index contributed by atoms with van der Waals surface area (Å²) in [6.45, 7) is 3.07. The van der Waals surface area contributed by atoms with Gasteiger partial charge in [-0.3, -0.25) is 0 Å². The maximum absolute atomic E-state index is 11.9. The standard InChI is InChI=1S/C15H23N3O3S/c1-16(2)22(19,20)18-11-15(12-18)21-14-7-5-13(6-8-14)17-9-3-4-10-17/h5-8,15H,3-4,9-12H2,1-2H3. The van der Waals surface area contributed by atoms with Gasteiger partial charge in [0.25, 0.3) is 10.2 Å². The Kier molecular flexibility index (Phi) is 4.29. The lowest BCUT2D eigenvalue weighted by Crippen LogP contribution is -2.58. The van der Waals surface area contributed by atoms with Crippen molar-refractivity contribution in [3.8, 4) is 5.75 Å². The Bertz CT molecular complexity index is 603. The van der Waals surface area contributed by atoms with Crippen LogP contribution < -0.4 is 9.64 Å². The van der Waals surface area contributed by atoms with Crippen molar-refractivity contribution in [3.63, 3.8) is 0 Å². The van der Waals surface area contributed by atoms with Crippen LogP contribution in [0.2, 0.25) is 0 Å². The van der Waals surface area contributed by atoms with Gasteiger partial charge >= 0.3 is 0 Å². The Morgan fingerprint density at radius 3 is 2.23 bits per heavy atom. The molecule has 0 amide bonds. The second-order valence-corrected chi connectivity index (χ2v) is 8.18. The summed E-state index contributed by atoms with van der Waals surface area (Å²) in [5, 5.41) is 0. The van der Waals surface area contributed by atoms with Crippen molar-refractivity contribution in [2.24, 2.45) is 0 Å². The molecule has 0 N–H and O–H groups in total. The predicted octanol–water partition coefficient (Wildman–Crippen LogP) is 1.16. The van der Waals surface area contributed by atoms with E-state index in [4.69, 9.17) is 4.74 Å². The molecule has 22 heavy (non-hydrogen) atoms. The molecule has 3 rings (SSSR count). The minimum Gasteiger partial charge on any atom is -0.488 e. The van der Waals surface area contributed by atoms with Gasteiger partial charge in [0.2, 0.25) is 0 Å². The molecule has 0 aliphatic carbocycles. The topological polar surface area (TPSA) is 53.1 Å². The van der Waals surface area contributed by atoms with E-state index in [9.17, 15) is 8.42 Å². The SMILES string of the molecule is CN(C)S(=O)(=O)N1CC(Oc2ccc(N3CCCC3)cc2)C1. The number of hydrogen-bond acceptors (Lipinski definition) is 4. The first kappa shape index (κ1) is 15.6. The fourth-order valence-corrected chi connectivity index (χ4v) is 3.97. The molecule has 0 aromatic heterocycles. The van der Waals surface area contributed by atoms with E-state index in [1.54, 1.807) is 14.1 Å². The summed E-state index contributed by atoms with van der Waals surface area (Å²) >= 11 is 0. The highest BCUT2D eigenvalue weighted by Gasteiger charge is 2.38. The predicted molar refractivity (Wildman–Crippen MR) is 86.5 cm³/mol. The van der Waals surface area contributed by atoms with Crippen LogP contribution >= 0.6 is 0 Å². The van der Waals surface area contributed by atoms with Crippen molar-refractivity contribution in [3.05, 3.63) is 24.3 Å². The second kappa shape index (κ2) is 6.06. The third-order valence-corrected chi connectivity index (χ3v) is 6.09. The Hall–Kier alpha value is -1.31. The van der Waals surface area contributed by atoms with Crippen LogP contribution in [0.1, 0.15) is 12.8 Å². The van der Waals surface area contributed by atoms with Gasteiger partial charge in [0, 0.05) is 32.9 Å². The molecule has 0 spiro atoms. The summed E-state index contributed by atoms with van der Waals surface area (Å²) in [5.74, 6) is 0.801. The van der Waals surface area contributed by atoms with E-state index >= 15 is 0 Å². The van der Waals surface area contributed by atoms with Crippen molar-refractivity contribution in [1.29, 1.82) is 0 Å². The highest BCUT2D eigenvalue weighted by atomic mass is 32.2. The third-order valence-electron chi connectivity index (χ3n) is 4.21. The van der Waals surface area contributed by atoms with Gasteiger partial charge in [0.15, 0.2) is 0 Å². The summed E-state index contributed by atoms with van der Waals surface area (Å²) in [6.07, 6.45) is 2.46. The Morgan fingerprint density at radius 2 is 1.68 bits per heavy atom. The quantitative estimate of drug-likeness (QED) is 0.815. The second-order valence-electron chi connectivity index (χ2n) is 6.04. The lowest BCUT2D eigenvalue weighted by molar-refractivity contribution is 0.0727. The largest absolute Gasteiger partial charge is 0.488 e. The van der Waals surface area contributed by atoms with Crippen molar-refractivity contribution >= 4 is 15.9 Å². The summed E-state index contributed by atoms with van der Waals surface area (Å²) in [6, 6.07) is 8.09. The summed E-state index contributed by atoms with van der Waals surface area (Å²) < 4.78 is 32.3. The summed E-state index contributed by atoms with van der Waals surface area (Å²) in [5.41, 5.74) is 1.23. The number of benzene rings is 1. The van der Waals surface area contributed by atoms with E-state index in [0.717, 1.165) is 18.8 Å². The molecular formula is C15H23N3O3S. The number of hydrogen-bond donors (Lipinski definition) is 0. The lowest BCUT2D eigenvalue weighted by atomic mass is 10.2. The molecule has 0 saturated carbocycles. The smallest absolute Gasteiger partial charge is 0.281 e. The zero-order valence-electron chi connectivity index (χ0n) is 13.1. The molecule has 122 valence electrons. The maximum atomic E-state index is 11.9. The molecule has 6 nitrogen and oxygen atoms in total. The average molecular weight is 325 g/mol. The number of ether oxygens (including phenoxy) is 1. The van der Waals surface area contributed by atoms with E-state index in [-0.39, 0.29) is 6.10 Å². The zero-order chi connectivity index (χ0) is 15.7. The summed E-state index contributed by atoms with van der Waals surface area (Å²) in [7, 11) is -0.219. The molecule has 0 bridgehead atoms. The highest BCUT2D eigenvalue weighted by molar-refractivity contribution is 7.86. The molecule has 0 atom stereocenters. The van der Waals surface area contributed by atoms with Gasteiger partial charge in [-0.15, -0.1) is 0 Å². The van der Waals surface area contributed by atoms with Gasteiger partial charge in [0.05, 0.1) is 13.1 Å². The number of nitrogens with zero attached hydrogens (tertiary/aromatic N) is 3. The van der Waals surface area contributed by atoms with Crippen LogP contribution in [0.5, 0.6) is 5.75 Å². The van der Waals surface area contributed by atoms with Crippen molar-refractivity contribution < 1.29 is 13.2 Å². The fraction of sp³-hybridized carbons (Fsp3) is 0.600. The van der Waals surface area contributed by atoms with Gasteiger partial charge in [-0.05, 0) is 37.1 Å². The zero-order valence-corrected chi connectivity index (χ0v) is 13.9. The average Bonchev–Trinajstić information content (AvgIpc) is 2.96. The minimum atomic E-state index is -3.30. The monoisotopic (exact) mass is 325 g/mol. The Balaban J connectivity index is 1.53. The molecule has 1 aromatic carbocycles. The molecule has 1 aromatic rings. The van der Waals surface area contributed by atoms with E-state index in [1.165, 1.54) is 27.1 Å². The Morgan fingerprint density at radius 1 is 1.09 bits per heavy atom. The van der Waals surface area contributed by atoms with Crippen molar-refractivity contribution in [2.45, 2.75) is 18.9 Å². The molecule has 2 heterocycles. The van der Waals surface area contributed by atoms with Crippen molar-refractivity contribution in [1.82, 2.24) is 8.61 Å². The molecule has 2 aliphatic rings. The van der Waals surface area contributed by atoms with Crippen LogP contribution in [0.25, 0.3) is 0 Å². The van der Waals surface area contributed by atoms with E-state index in [2.05, 4.69) is 17.0 Å². The van der Waals surface area contributed by atoms with E-state index in [0.29, 0.717) is 13.1 Å². The Labute approximate surface area is 132 Å². The third kappa shape index (κ3) is 3.06. The van der Waals surface area contributed by atoms with Crippen LogP contribution in [-0.4, -0.2) is 63.4 Å². The highest BCUT2D eigenvalue weighted by Crippen LogP contribution is 2.25. The van der Waals surface area contributed by atoms with Crippen LogP contribution in [0.3, 0.4) is 0 Å². The van der Waals surface area contributed by atoms with Gasteiger partial charge in [-0.1, -0.05) is 0 Å². The molecule has 2 saturated heterocycles. The number of rotatable bonds is 5. The van der Waals surface area contributed by atoms with Crippen molar-refractivity contribution in [2.75, 3.05) is 45.2 Å². The van der Waals surface area contributed by atoms with Crippen LogP contribution in [0.4, 0.5) is 5.69 Å².